The molecule has 0 radical (unpaired) electrons. The molecule has 0 saturated heterocycles. The van der Waals surface area contributed by atoms with Crippen LogP contribution in [0.25, 0.3) is 11.2 Å². The van der Waals surface area contributed by atoms with Gasteiger partial charge in [0.25, 0.3) is 0 Å². The van der Waals surface area contributed by atoms with Crippen LogP contribution in [0.4, 0.5) is 11.5 Å². The number of nitrogens with zero attached hydrogens (tertiary/aromatic N) is 4. The fourth-order valence-corrected chi connectivity index (χ4v) is 2.33. The van der Waals surface area contributed by atoms with Crippen LogP contribution in [-0.4, -0.2) is 38.7 Å². The highest BCUT2D eigenvalue weighted by Crippen LogP contribution is 2.24. The number of carbonyl (C=O) groups excluding carboxylic acids is 1. The third-order valence-electron chi connectivity index (χ3n) is 3.24. The topological polar surface area (TPSA) is 91.2 Å². The van der Waals surface area contributed by atoms with E-state index in [1.165, 1.54) is 6.92 Å². The first-order chi connectivity index (χ1) is 12.1. The molecule has 25 heavy (non-hydrogen) atoms. The van der Waals surface area contributed by atoms with E-state index in [1.807, 2.05) is 30.3 Å². The number of benzene rings is 1. The molecule has 130 valence electrons. The highest BCUT2D eigenvalue weighted by molar-refractivity contribution is 6.28. The Hall–Kier alpha value is -2.71. The molecule has 2 heterocycles. The predicted octanol–water partition coefficient (Wildman–Crippen LogP) is 2.76. The quantitative estimate of drug-likeness (QED) is 0.393. The first kappa shape index (κ1) is 17.1. The van der Waals surface area contributed by atoms with E-state index in [4.69, 9.17) is 21.1 Å². The van der Waals surface area contributed by atoms with Crippen LogP contribution in [0.15, 0.2) is 36.7 Å². The maximum absolute atomic E-state index is 10.7. The van der Waals surface area contributed by atoms with Crippen LogP contribution < -0.4 is 5.32 Å². The van der Waals surface area contributed by atoms with E-state index in [1.54, 1.807) is 10.9 Å². The van der Waals surface area contributed by atoms with Gasteiger partial charge in [-0.2, -0.15) is 9.97 Å². The summed E-state index contributed by atoms with van der Waals surface area (Å²) >= 11 is 6.04. The molecule has 0 amide bonds. The van der Waals surface area contributed by atoms with Gasteiger partial charge < -0.3 is 14.8 Å². The van der Waals surface area contributed by atoms with Gasteiger partial charge in [0, 0.05) is 12.6 Å². The van der Waals surface area contributed by atoms with E-state index in [0.29, 0.717) is 17.0 Å². The van der Waals surface area contributed by atoms with Crippen molar-refractivity contribution in [2.24, 2.45) is 0 Å². The first-order valence-electron chi connectivity index (χ1n) is 7.55. The van der Waals surface area contributed by atoms with Gasteiger partial charge in [0.2, 0.25) is 5.28 Å². The predicted molar refractivity (Wildman–Crippen MR) is 92.6 cm³/mol. The van der Waals surface area contributed by atoms with Crippen molar-refractivity contribution in [3.63, 3.8) is 0 Å². The molecule has 0 bridgehead atoms. The minimum absolute atomic E-state index is 0.104. The number of fused-ring (bicyclic) bond motifs is 1. The number of rotatable bonds is 7. The number of nitrogens with one attached hydrogen (secondary N) is 1. The third-order valence-corrected chi connectivity index (χ3v) is 3.41. The van der Waals surface area contributed by atoms with Crippen LogP contribution in [0.3, 0.4) is 0 Å². The van der Waals surface area contributed by atoms with Gasteiger partial charge in [-0.3, -0.25) is 9.36 Å². The van der Waals surface area contributed by atoms with Gasteiger partial charge in [-0.25, -0.2) is 4.98 Å². The van der Waals surface area contributed by atoms with Gasteiger partial charge in [-0.1, -0.05) is 18.2 Å². The number of halogens is 1. The average molecular weight is 362 g/mol. The average Bonchev–Trinajstić information content (AvgIpc) is 2.98. The SMILES string of the molecule is CC(=O)OCCOCn1cnc2c(Nc3ccccc3)nc(Cl)nc21. The zero-order chi connectivity index (χ0) is 17.6. The van der Waals surface area contributed by atoms with Gasteiger partial charge in [-0.05, 0) is 23.7 Å². The lowest BCUT2D eigenvalue weighted by Crippen LogP contribution is -2.10. The Morgan fingerprint density at radius 3 is 2.80 bits per heavy atom. The molecule has 0 aliphatic heterocycles. The van der Waals surface area contributed by atoms with Crippen LogP contribution in [0.2, 0.25) is 5.28 Å². The molecule has 8 nitrogen and oxygen atoms in total. The van der Waals surface area contributed by atoms with Crippen molar-refractivity contribution >= 4 is 40.2 Å². The summed E-state index contributed by atoms with van der Waals surface area (Å²) in [5.74, 6) is 0.174. The molecule has 2 aromatic heterocycles. The number of ether oxygens (including phenoxy) is 2. The van der Waals surface area contributed by atoms with Crippen LogP contribution in [0.5, 0.6) is 0 Å². The lowest BCUT2D eigenvalue weighted by Gasteiger charge is -2.08. The molecule has 0 spiro atoms. The highest BCUT2D eigenvalue weighted by Gasteiger charge is 2.13. The second kappa shape index (κ2) is 7.91. The number of hydrogen-bond acceptors (Lipinski definition) is 7. The van der Waals surface area contributed by atoms with Crippen LogP contribution in [0.1, 0.15) is 6.92 Å². The van der Waals surface area contributed by atoms with E-state index < -0.39 is 0 Å². The van der Waals surface area contributed by atoms with Crippen LogP contribution >= 0.6 is 11.6 Å². The number of hydrogen-bond donors (Lipinski definition) is 1. The molecule has 1 aromatic carbocycles. The molecule has 0 saturated carbocycles. The maximum atomic E-state index is 10.7. The first-order valence-corrected chi connectivity index (χ1v) is 7.93. The molecular formula is C16H16ClN5O3. The number of carbonyl (C=O) groups is 1. The van der Waals surface area contributed by atoms with Crippen LogP contribution in [-0.2, 0) is 21.0 Å². The summed E-state index contributed by atoms with van der Waals surface area (Å²) in [5, 5.41) is 3.28. The summed E-state index contributed by atoms with van der Waals surface area (Å²) < 4.78 is 12.0. The minimum atomic E-state index is -0.340. The second-order valence-corrected chi connectivity index (χ2v) is 5.43. The van der Waals surface area contributed by atoms with E-state index in [2.05, 4.69) is 20.3 Å². The van der Waals surface area contributed by atoms with Crippen molar-refractivity contribution in [1.82, 2.24) is 19.5 Å². The summed E-state index contributed by atoms with van der Waals surface area (Å²) in [6, 6.07) is 9.58. The molecular weight excluding hydrogens is 346 g/mol. The summed E-state index contributed by atoms with van der Waals surface area (Å²) in [5.41, 5.74) is 1.99. The summed E-state index contributed by atoms with van der Waals surface area (Å²) in [6.07, 6.45) is 1.59. The van der Waals surface area contributed by atoms with Crippen molar-refractivity contribution in [3.8, 4) is 0 Å². The van der Waals surface area contributed by atoms with Crippen molar-refractivity contribution < 1.29 is 14.3 Å². The fourth-order valence-electron chi connectivity index (χ4n) is 2.16. The summed E-state index contributed by atoms with van der Waals surface area (Å²) in [4.78, 5) is 23.5. The zero-order valence-corrected chi connectivity index (χ0v) is 14.2. The standard InChI is InChI=1S/C16H16ClN5O3/c1-11(23)25-8-7-24-10-22-9-18-13-14(20-16(17)21-15(13)22)19-12-5-3-2-4-6-12/h2-6,9H,7-8,10H2,1H3,(H,19,20,21). The van der Waals surface area contributed by atoms with Crippen molar-refractivity contribution in [1.29, 1.82) is 0 Å². The molecule has 3 aromatic rings. The lowest BCUT2D eigenvalue weighted by molar-refractivity contribution is -0.142. The Balaban J connectivity index is 1.75. The lowest BCUT2D eigenvalue weighted by atomic mass is 10.3. The molecule has 0 aliphatic carbocycles. The van der Waals surface area contributed by atoms with Crippen molar-refractivity contribution in [2.45, 2.75) is 13.7 Å². The number of imidazole rings is 1. The van der Waals surface area contributed by atoms with Crippen molar-refractivity contribution in [3.05, 3.63) is 41.9 Å². The Kier molecular flexibility index (Phi) is 5.42. The van der Waals surface area contributed by atoms with Gasteiger partial charge in [0.05, 0.1) is 12.9 Å². The monoisotopic (exact) mass is 361 g/mol. The van der Waals surface area contributed by atoms with Gasteiger partial charge >= 0.3 is 5.97 Å². The van der Waals surface area contributed by atoms with Crippen LogP contribution in [0, 0.1) is 0 Å². The summed E-state index contributed by atoms with van der Waals surface area (Å²) in [6.45, 7) is 2.02. The molecule has 0 atom stereocenters. The summed E-state index contributed by atoms with van der Waals surface area (Å²) in [7, 11) is 0. The Morgan fingerprint density at radius 2 is 2.04 bits per heavy atom. The normalized spacial score (nSPS) is 10.8. The molecule has 0 unspecified atom stereocenters. The van der Waals surface area contributed by atoms with Gasteiger partial charge in [0.15, 0.2) is 17.0 Å². The smallest absolute Gasteiger partial charge is 0.302 e. The molecule has 1 N–H and O–H groups in total. The van der Waals surface area contributed by atoms with Gasteiger partial charge in [0.1, 0.15) is 13.3 Å². The molecule has 0 aliphatic rings. The second-order valence-electron chi connectivity index (χ2n) is 5.10. The molecule has 0 fully saturated rings. The van der Waals surface area contributed by atoms with Crippen molar-refractivity contribution in [2.75, 3.05) is 18.5 Å². The number of para-hydroxylation sites is 1. The van der Waals surface area contributed by atoms with E-state index >= 15 is 0 Å². The number of aromatic nitrogens is 4. The number of esters is 1. The van der Waals surface area contributed by atoms with E-state index in [0.717, 1.165) is 5.69 Å². The Bertz CT molecular complexity index is 869. The highest BCUT2D eigenvalue weighted by atomic mass is 35.5. The zero-order valence-electron chi connectivity index (χ0n) is 13.5. The Morgan fingerprint density at radius 1 is 1.24 bits per heavy atom. The Labute approximate surface area is 148 Å². The maximum Gasteiger partial charge on any atom is 0.302 e. The minimum Gasteiger partial charge on any atom is -0.463 e. The van der Waals surface area contributed by atoms with E-state index in [9.17, 15) is 4.79 Å². The van der Waals surface area contributed by atoms with Gasteiger partial charge in [-0.15, -0.1) is 0 Å². The fraction of sp³-hybridized carbons (Fsp3) is 0.250. The molecule has 3 rings (SSSR count). The number of anilines is 2. The van der Waals surface area contributed by atoms with E-state index in [-0.39, 0.29) is 31.2 Å². The largest absolute Gasteiger partial charge is 0.463 e. The molecule has 9 heteroatoms. The third kappa shape index (κ3) is 4.43.